The number of oxazole rings is 1. The van der Waals surface area contributed by atoms with Crippen molar-refractivity contribution in [1.82, 2.24) is 9.88 Å². The Kier molecular flexibility index (Phi) is 4.34. The summed E-state index contributed by atoms with van der Waals surface area (Å²) in [6.45, 7) is 0.210. The van der Waals surface area contributed by atoms with E-state index in [-0.39, 0.29) is 25.3 Å². The minimum atomic E-state index is -0.913. The van der Waals surface area contributed by atoms with E-state index in [1.54, 1.807) is 7.05 Å². The number of aliphatic carboxylic acids is 1. The Morgan fingerprint density at radius 2 is 2.05 bits per heavy atom. The van der Waals surface area contributed by atoms with Crippen LogP contribution >= 0.6 is 0 Å². The Labute approximate surface area is 116 Å². The second-order valence-electron chi connectivity index (χ2n) is 4.53. The van der Waals surface area contributed by atoms with E-state index in [4.69, 9.17) is 9.52 Å². The number of fused-ring (bicyclic) bond motifs is 1. The molecule has 106 valence electrons. The highest BCUT2D eigenvalue weighted by molar-refractivity contribution is 5.77. The molecule has 0 fully saturated rings. The highest BCUT2D eigenvalue weighted by Gasteiger charge is 2.12. The highest BCUT2D eigenvalue weighted by atomic mass is 16.4. The summed E-state index contributed by atoms with van der Waals surface area (Å²) < 4.78 is 5.52. The number of carboxylic acid groups (broad SMARTS) is 1. The van der Waals surface area contributed by atoms with Gasteiger partial charge in [0.1, 0.15) is 5.52 Å². The smallest absolute Gasteiger partial charge is 0.305 e. The third-order valence-corrected chi connectivity index (χ3v) is 2.98. The molecule has 2 aromatic rings. The number of benzene rings is 1. The molecule has 1 heterocycles. The lowest BCUT2D eigenvalue weighted by molar-refractivity contribution is -0.138. The molecule has 0 atom stereocenters. The van der Waals surface area contributed by atoms with E-state index in [0.29, 0.717) is 17.9 Å². The Bertz CT molecular complexity index is 587. The minimum Gasteiger partial charge on any atom is -0.481 e. The predicted octanol–water partition coefficient (Wildman–Crippen LogP) is 1.69. The molecular formula is C14H16N2O4. The van der Waals surface area contributed by atoms with Crippen LogP contribution in [0.3, 0.4) is 0 Å². The highest BCUT2D eigenvalue weighted by Crippen LogP contribution is 2.15. The first-order valence-corrected chi connectivity index (χ1v) is 6.36. The normalized spacial score (nSPS) is 10.7. The molecule has 0 bridgehead atoms. The quantitative estimate of drug-likeness (QED) is 0.868. The number of carbonyl (C=O) groups excluding carboxylic acids is 1. The van der Waals surface area contributed by atoms with Crippen LogP contribution in [0.4, 0.5) is 0 Å². The van der Waals surface area contributed by atoms with Gasteiger partial charge in [-0.25, -0.2) is 4.98 Å². The molecule has 0 aliphatic rings. The summed E-state index contributed by atoms with van der Waals surface area (Å²) in [7, 11) is 1.59. The van der Waals surface area contributed by atoms with Gasteiger partial charge in [-0.15, -0.1) is 0 Å². The molecule has 0 saturated carbocycles. The van der Waals surface area contributed by atoms with E-state index < -0.39 is 5.97 Å². The van der Waals surface area contributed by atoms with Gasteiger partial charge in [-0.05, 0) is 12.1 Å². The lowest BCUT2D eigenvalue weighted by atomic mass is 10.2. The molecule has 0 radical (unpaired) electrons. The Hall–Kier alpha value is -2.37. The van der Waals surface area contributed by atoms with Crippen LogP contribution in [0, 0.1) is 0 Å². The van der Waals surface area contributed by atoms with E-state index >= 15 is 0 Å². The zero-order valence-corrected chi connectivity index (χ0v) is 11.2. The number of aryl methyl sites for hydroxylation is 1. The molecule has 0 spiro atoms. The molecule has 1 N–H and O–H groups in total. The van der Waals surface area contributed by atoms with Crippen LogP contribution in [-0.4, -0.2) is 40.5 Å². The summed E-state index contributed by atoms with van der Waals surface area (Å²) in [5.41, 5.74) is 1.48. The molecule has 0 aliphatic heterocycles. The van der Waals surface area contributed by atoms with Gasteiger partial charge in [0.2, 0.25) is 5.91 Å². The molecule has 20 heavy (non-hydrogen) atoms. The monoisotopic (exact) mass is 276 g/mol. The second kappa shape index (κ2) is 6.18. The summed E-state index contributed by atoms with van der Waals surface area (Å²) in [5.74, 6) is -0.511. The van der Waals surface area contributed by atoms with Crippen molar-refractivity contribution in [3.05, 3.63) is 30.2 Å². The Balaban J connectivity index is 1.87. The number of carboxylic acids is 1. The molecule has 6 nitrogen and oxygen atoms in total. The van der Waals surface area contributed by atoms with Crippen LogP contribution in [-0.2, 0) is 16.0 Å². The summed E-state index contributed by atoms with van der Waals surface area (Å²) in [5, 5.41) is 8.57. The fraction of sp³-hybridized carbons (Fsp3) is 0.357. The van der Waals surface area contributed by atoms with Crippen LogP contribution in [0.5, 0.6) is 0 Å². The summed E-state index contributed by atoms with van der Waals surface area (Å²) in [6, 6.07) is 7.41. The van der Waals surface area contributed by atoms with Gasteiger partial charge in [0.05, 0.1) is 6.42 Å². The fourth-order valence-corrected chi connectivity index (χ4v) is 1.82. The zero-order chi connectivity index (χ0) is 14.5. The van der Waals surface area contributed by atoms with E-state index in [1.165, 1.54) is 4.90 Å². The lowest BCUT2D eigenvalue weighted by Gasteiger charge is -2.15. The maximum absolute atomic E-state index is 11.8. The average molecular weight is 276 g/mol. The van der Waals surface area contributed by atoms with Crippen LogP contribution in [0.15, 0.2) is 28.7 Å². The SMILES string of the molecule is CN(CCC(=O)O)C(=O)CCc1nc2ccccc2o1. The third-order valence-electron chi connectivity index (χ3n) is 2.98. The van der Waals surface area contributed by atoms with Crippen molar-refractivity contribution in [2.24, 2.45) is 0 Å². The third kappa shape index (κ3) is 3.57. The first-order chi connectivity index (χ1) is 9.56. The standard InChI is InChI=1S/C14H16N2O4/c1-16(9-8-14(18)19)13(17)7-6-12-15-10-4-2-3-5-11(10)20-12/h2-5H,6-9H2,1H3,(H,18,19). The van der Waals surface area contributed by atoms with Crippen molar-refractivity contribution >= 4 is 23.0 Å². The maximum atomic E-state index is 11.8. The van der Waals surface area contributed by atoms with Crippen LogP contribution in [0.2, 0.25) is 0 Å². The van der Waals surface area contributed by atoms with Crippen LogP contribution in [0.25, 0.3) is 11.1 Å². The van der Waals surface area contributed by atoms with E-state index in [0.717, 1.165) is 5.52 Å². The lowest BCUT2D eigenvalue weighted by Crippen LogP contribution is -2.29. The van der Waals surface area contributed by atoms with Crippen molar-refractivity contribution in [2.75, 3.05) is 13.6 Å². The van der Waals surface area contributed by atoms with Crippen LogP contribution < -0.4 is 0 Å². The maximum Gasteiger partial charge on any atom is 0.305 e. The van der Waals surface area contributed by atoms with Gasteiger partial charge in [-0.3, -0.25) is 9.59 Å². The Morgan fingerprint density at radius 3 is 2.75 bits per heavy atom. The number of hydrogen-bond donors (Lipinski definition) is 1. The number of carbonyl (C=O) groups is 2. The van der Waals surface area contributed by atoms with Crippen molar-refractivity contribution in [3.8, 4) is 0 Å². The fourth-order valence-electron chi connectivity index (χ4n) is 1.82. The molecular weight excluding hydrogens is 260 g/mol. The molecule has 1 aromatic carbocycles. The van der Waals surface area contributed by atoms with Crippen LogP contribution in [0.1, 0.15) is 18.7 Å². The number of para-hydroxylation sites is 2. The predicted molar refractivity (Wildman–Crippen MR) is 72.2 cm³/mol. The number of nitrogens with zero attached hydrogens (tertiary/aromatic N) is 2. The molecule has 0 aliphatic carbocycles. The van der Waals surface area contributed by atoms with Crippen molar-refractivity contribution in [3.63, 3.8) is 0 Å². The van der Waals surface area contributed by atoms with Gasteiger partial charge >= 0.3 is 5.97 Å². The van der Waals surface area contributed by atoms with Gasteiger partial charge in [0.25, 0.3) is 0 Å². The number of amides is 1. The average Bonchev–Trinajstić information content (AvgIpc) is 2.84. The van der Waals surface area contributed by atoms with E-state index in [1.807, 2.05) is 24.3 Å². The molecule has 0 unspecified atom stereocenters. The summed E-state index contributed by atoms with van der Waals surface area (Å²) in [6.07, 6.45) is 0.610. The van der Waals surface area contributed by atoms with Gasteiger partial charge < -0.3 is 14.4 Å². The largest absolute Gasteiger partial charge is 0.481 e. The molecule has 1 amide bonds. The first kappa shape index (κ1) is 14.0. The second-order valence-corrected chi connectivity index (χ2v) is 4.53. The van der Waals surface area contributed by atoms with Gasteiger partial charge in [-0.2, -0.15) is 0 Å². The molecule has 1 aromatic heterocycles. The summed E-state index contributed by atoms with van der Waals surface area (Å²) in [4.78, 5) is 27.9. The van der Waals surface area contributed by atoms with Gasteiger partial charge in [0.15, 0.2) is 11.5 Å². The summed E-state index contributed by atoms with van der Waals surface area (Å²) >= 11 is 0. The zero-order valence-electron chi connectivity index (χ0n) is 11.2. The first-order valence-electron chi connectivity index (χ1n) is 6.36. The number of aromatic nitrogens is 1. The number of rotatable bonds is 6. The molecule has 6 heteroatoms. The van der Waals surface area contributed by atoms with Crippen molar-refractivity contribution in [2.45, 2.75) is 19.3 Å². The minimum absolute atomic E-state index is 0.0505. The molecule has 2 rings (SSSR count). The van der Waals surface area contributed by atoms with Crippen molar-refractivity contribution in [1.29, 1.82) is 0 Å². The van der Waals surface area contributed by atoms with E-state index in [2.05, 4.69) is 4.98 Å². The van der Waals surface area contributed by atoms with E-state index in [9.17, 15) is 9.59 Å². The van der Waals surface area contributed by atoms with Gasteiger partial charge in [-0.1, -0.05) is 12.1 Å². The molecule has 0 saturated heterocycles. The number of hydrogen-bond acceptors (Lipinski definition) is 4. The van der Waals surface area contributed by atoms with Crippen molar-refractivity contribution < 1.29 is 19.1 Å². The Morgan fingerprint density at radius 1 is 1.30 bits per heavy atom. The van der Waals surface area contributed by atoms with Gasteiger partial charge in [0, 0.05) is 26.4 Å². The topological polar surface area (TPSA) is 83.6 Å².